The Hall–Kier alpha value is -1.72. The molecule has 1 rings (SSSR count). The molecule has 0 aliphatic rings. The summed E-state index contributed by atoms with van der Waals surface area (Å²) < 4.78 is 45.7. The van der Waals surface area contributed by atoms with Crippen molar-refractivity contribution in [1.29, 1.82) is 0 Å². The zero-order valence-corrected chi connectivity index (χ0v) is 11.4. The van der Waals surface area contributed by atoms with Gasteiger partial charge in [-0.25, -0.2) is 0 Å². The van der Waals surface area contributed by atoms with E-state index in [4.69, 9.17) is 0 Å². The first kappa shape index (κ1) is 16.3. The number of carbonyl (C=O) groups is 1. The third-order valence-corrected chi connectivity index (χ3v) is 3.00. The second-order valence-electron chi connectivity index (χ2n) is 4.31. The fraction of sp³-hybridized carbons (Fsp3) is 0.500. The molecule has 1 atom stereocenters. The Kier molecular flexibility index (Phi) is 5.85. The highest BCUT2D eigenvalue weighted by molar-refractivity contribution is 5.69. The van der Waals surface area contributed by atoms with Crippen molar-refractivity contribution in [1.82, 2.24) is 0 Å². The minimum Gasteiger partial charge on any atom is -0.469 e. The van der Waals surface area contributed by atoms with Crippen LogP contribution in [0.3, 0.4) is 0 Å². The van der Waals surface area contributed by atoms with Crippen LogP contribution in [0.5, 0.6) is 5.75 Å². The number of alkyl halides is 3. The smallest absolute Gasteiger partial charge is 0.469 e. The highest BCUT2D eigenvalue weighted by Crippen LogP contribution is 2.35. The van der Waals surface area contributed by atoms with E-state index in [2.05, 4.69) is 9.47 Å². The molecule has 1 aromatic rings. The SMILES string of the molecule is CCC(CCC(=O)OC)c1ccccc1OC(F)(F)F. The van der Waals surface area contributed by atoms with E-state index in [1.807, 2.05) is 6.92 Å². The fourth-order valence-corrected chi connectivity index (χ4v) is 2.01. The van der Waals surface area contributed by atoms with Crippen molar-refractivity contribution in [2.45, 2.75) is 38.5 Å². The average Bonchev–Trinajstić information content (AvgIpc) is 2.39. The van der Waals surface area contributed by atoms with Gasteiger partial charge >= 0.3 is 12.3 Å². The normalized spacial score (nSPS) is 12.8. The molecule has 0 aliphatic heterocycles. The quantitative estimate of drug-likeness (QED) is 0.742. The minimum absolute atomic E-state index is 0.162. The van der Waals surface area contributed by atoms with Gasteiger partial charge in [0.1, 0.15) is 5.75 Å². The summed E-state index contributed by atoms with van der Waals surface area (Å²) in [5, 5.41) is 0. The predicted molar refractivity (Wildman–Crippen MR) is 67.4 cm³/mol. The zero-order chi connectivity index (χ0) is 15.2. The molecular weight excluding hydrogens is 273 g/mol. The van der Waals surface area contributed by atoms with E-state index in [-0.39, 0.29) is 24.1 Å². The van der Waals surface area contributed by atoms with Gasteiger partial charge in [-0.3, -0.25) is 4.79 Å². The second-order valence-corrected chi connectivity index (χ2v) is 4.31. The molecule has 0 bridgehead atoms. The van der Waals surface area contributed by atoms with Gasteiger partial charge in [0.2, 0.25) is 0 Å². The van der Waals surface area contributed by atoms with Crippen LogP contribution in [0.15, 0.2) is 24.3 Å². The number of ether oxygens (including phenoxy) is 2. The summed E-state index contributed by atoms with van der Waals surface area (Å²) in [6, 6.07) is 6.01. The molecule has 20 heavy (non-hydrogen) atoms. The topological polar surface area (TPSA) is 35.5 Å². The van der Waals surface area contributed by atoms with Crippen LogP contribution < -0.4 is 4.74 Å². The monoisotopic (exact) mass is 290 g/mol. The lowest BCUT2D eigenvalue weighted by atomic mass is 9.91. The van der Waals surface area contributed by atoms with Crippen molar-refractivity contribution in [3.05, 3.63) is 29.8 Å². The van der Waals surface area contributed by atoms with Crippen molar-refractivity contribution < 1.29 is 27.4 Å². The molecular formula is C14H17F3O3. The van der Waals surface area contributed by atoms with E-state index in [0.717, 1.165) is 0 Å². The van der Waals surface area contributed by atoms with Gasteiger partial charge in [0, 0.05) is 6.42 Å². The molecule has 0 amide bonds. The van der Waals surface area contributed by atoms with Crippen LogP contribution in [0.2, 0.25) is 0 Å². The minimum atomic E-state index is -4.73. The van der Waals surface area contributed by atoms with E-state index in [9.17, 15) is 18.0 Å². The first-order chi connectivity index (χ1) is 9.37. The lowest BCUT2D eigenvalue weighted by Crippen LogP contribution is -2.18. The zero-order valence-electron chi connectivity index (χ0n) is 11.4. The highest BCUT2D eigenvalue weighted by atomic mass is 19.4. The lowest BCUT2D eigenvalue weighted by molar-refractivity contribution is -0.275. The molecule has 1 unspecified atom stereocenters. The van der Waals surface area contributed by atoms with E-state index in [1.165, 1.54) is 19.2 Å². The van der Waals surface area contributed by atoms with E-state index >= 15 is 0 Å². The molecule has 0 N–H and O–H groups in total. The lowest BCUT2D eigenvalue weighted by Gasteiger charge is -2.19. The van der Waals surface area contributed by atoms with Crippen LogP contribution in [0.4, 0.5) is 13.2 Å². The van der Waals surface area contributed by atoms with Crippen molar-refractivity contribution >= 4 is 5.97 Å². The molecule has 0 aromatic heterocycles. The van der Waals surface area contributed by atoms with Gasteiger partial charge in [0.05, 0.1) is 7.11 Å². The van der Waals surface area contributed by atoms with Crippen LogP contribution in [-0.4, -0.2) is 19.4 Å². The summed E-state index contributed by atoms with van der Waals surface area (Å²) >= 11 is 0. The van der Waals surface area contributed by atoms with Crippen LogP contribution >= 0.6 is 0 Å². The summed E-state index contributed by atoms with van der Waals surface area (Å²) in [6.45, 7) is 1.85. The van der Waals surface area contributed by atoms with Crippen LogP contribution in [-0.2, 0) is 9.53 Å². The molecule has 0 radical (unpaired) electrons. The third-order valence-electron chi connectivity index (χ3n) is 3.00. The molecule has 0 saturated carbocycles. The van der Waals surface area contributed by atoms with Crippen molar-refractivity contribution in [2.24, 2.45) is 0 Å². The summed E-state index contributed by atoms with van der Waals surface area (Å²) in [4.78, 5) is 11.1. The van der Waals surface area contributed by atoms with E-state index in [0.29, 0.717) is 18.4 Å². The van der Waals surface area contributed by atoms with Crippen molar-refractivity contribution in [2.75, 3.05) is 7.11 Å². The first-order valence-electron chi connectivity index (χ1n) is 6.28. The molecule has 0 aliphatic carbocycles. The summed E-state index contributed by atoms with van der Waals surface area (Å²) in [7, 11) is 1.28. The molecule has 1 aromatic carbocycles. The average molecular weight is 290 g/mol. The van der Waals surface area contributed by atoms with Gasteiger partial charge < -0.3 is 9.47 Å². The van der Waals surface area contributed by atoms with Crippen molar-refractivity contribution in [3.63, 3.8) is 0 Å². The Morgan fingerprint density at radius 1 is 1.30 bits per heavy atom. The maximum absolute atomic E-state index is 12.4. The fourth-order valence-electron chi connectivity index (χ4n) is 2.01. The van der Waals surface area contributed by atoms with E-state index < -0.39 is 6.36 Å². The molecule has 112 valence electrons. The largest absolute Gasteiger partial charge is 0.573 e. The number of carbonyl (C=O) groups excluding carboxylic acids is 1. The number of esters is 1. The predicted octanol–water partition coefficient (Wildman–Crippen LogP) is 4.03. The first-order valence-corrected chi connectivity index (χ1v) is 6.28. The molecule has 3 nitrogen and oxygen atoms in total. The van der Waals surface area contributed by atoms with E-state index in [1.54, 1.807) is 12.1 Å². The number of benzene rings is 1. The summed E-state index contributed by atoms with van der Waals surface area (Å²) in [5.41, 5.74) is 0.455. The number of halogens is 3. The number of para-hydroxylation sites is 1. The van der Waals surface area contributed by atoms with Crippen LogP contribution in [0, 0.1) is 0 Å². The Morgan fingerprint density at radius 2 is 1.95 bits per heavy atom. The number of methoxy groups -OCH3 is 1. The second kappa shape index (κ2) is 7.17. The maximum Gasteiger partial charge on any atom is 0.573 e. The van der Waals surface area contributed by atoms with Gasteiger partial charge in [-0.1, -0.05) is 25.1 Å². The Bertz CT molecular complexity index is 444. The number of rotatable bonds is 6. The van der Waals surface area contributed by atoms with Gasteiger partial charge in [-0.2, -0.15) is 0 Å². The summed E-state index contributed by atoms with van der Waals surface area (Å²) in [6.07, 6.45) is -3.54. The summed E-state index contributed by atoms with van der Waals surface area (Å²) in [5.74, 6) is -0.776. The number of hydrogen-bond acceptors (Lipinski definition) is 3. The van der Waals surface area contributed by atoms with Crippen molar-refractivity contribution in [3.8, 4) is 5.75 Å². The molecule has 0 fully saturated rings. The molecule has 0 spiro atoms. The molecule has 6 heteroatoms. The van der Waals surface area contributed by atoms with Gasteiger partial charge in [-0.05, 0) is 30.4 Å². The maximum atomic E-state index is 12.4. The highest BCUT2D eigenvalue weighted by Gasteiger charge is 2.32. The van der Waals surface area contributed by atoms with Gasteiger partial charge in [-0.15, -0.1) is 13.2 Å². The standard InChI is InChI=1S/C14H17F3O3/c1-3-10(8-9-13(18)19-2)11-6-4-5-7-12(11)20-14(15,16)17/h4-7,10H,3,8-9H2,1-2H3. The van der Waals surface area contributed by atoms with Crippen LogP contribution in [0.1, 0.15) is 37.7 Å². The van der Waals surface area contributed by atoms with Crippen LogP contribution in [0.25, 0.3) is 0 Å². The Labute approximate surface area is 115 Å². The Balaban J connectivity index is 2.88. The third kappa shape index (κ3) is 5.11. The number of hydrogen-bond donors (Lipinski definition) is 0. The van der Waals surface area contributed by atoms with Gasteiger partial charge in [0.15, 0.2) is 0 Å². The molecule has 0 heterocycles. The Morgan fingerprint density at radius 3 is 2.50 bits per heavy atom. The molecule has 0 saturated heterocycles. The van der Waals surface area contributed by atoms with Gasteiger partial charge in [0.25, 0.3) is 0 Å².